The number of anilines is 2. The van der Waals surface area contributed by atoms with Crippen LogP contribution in [0.2, 0.25) is 0 Å². The van der Waals surface area contributed by atoms with Crippen LogP contribution >= 0.6 is 23.1 Å². The molecule has 2 rings (SSSR count). The van der Waals surface area contributed by atoms with Crippen LogP contribution in [0.1, 0.15) is 13.8 Å². The second kappa shape index (κ2) is 8.00. The van der Waals surface area contributed by atoms with Crippen molar-refractivity contribution in [3.05, 3.63) is 24.3 Å². The Labute approximate surface area is 137 Å². The van der Waals surface area contributed by atoms with Gasteiger partial charge in [0, 0.05) is 11.7 Å². The third-order valence-electron chi connectivity index (χ3n) is 2.52. The fourth-order valence-corrected chi connectivity index (χ4v) is 3.27. The van der Waals surface area contributed by atoms with Crippen LogP contribution in [0.3, 0.4) is 0 Å². The van der Waals surface area contributed by atoms with Crippen molar-refractivity contribution >= 4 is 39.8 Å². The Morgan fingerprint density at radius 2 is 2.05 bits per heavy atom. The van der Waals surface area contributed by atoms with Gasteiger partial charge >= 0.3 is 0 Å². The van der Waals surface area contributed by atoms with E-state index in [4.69, 9.17) is 4.74 Å². The Balaban J connectivity index is 1.80. The summed E-state index contributed by atoms with van der Waals surface area (Å²) < 4.78 is 5.84. The maximum atomic E-state index is 11.9. The number of hydrogen-bond donors (Lipinski definition) is 2. The molecule has 0 aliphatic carbocycles. The number of carbonyl (C=O) groups excluding carboxylic acids is 1. The van der Waals surface area contributed by atoms with Crippen LogP contribution in [0.5, 0.6) is 5.75 Å². The molecule has 1 aromatic heterocycles. The molecule has 0 bridgehead atoms. The van der Waals surface area contributed by atoms with Crippen molar-refractivity contribution in [3.63, 3.8) is 0 Å². The summed E-state index contributed by atoms with van der Waals surface area (Å²) in [6.07, 6.45) is 0. The predicted octanol–water partition coefficient (Wildman–Crippen LogP) is 3.10. The normalized spacial score (nSPS) is 10.5. The fourth-order valence-electron chi connectivity index (χ4n) is 1.57. The minimum absolute atomic E-state index is 0.0799. The number of amides is 1. The Morgan fingerprint density at radius 3 is 2.68 bits per heavy atom. The molecule has 22 heavy (non-hydrogen) atoms. The third kappa shape index (κ3) is 5.19. The molecule has 0 aliphatic rings. The zero-order chi connectivity index (χ0) is 15.9. The molecule has 118 valence electrons. The molecule has 0 atom stereocenters. The number of hydrogen-bond acceptors (Lipinski definition) is 7. The van der Waals surface area contributed by atoms with Crippen LogP contribution in [0.15, 0.2) is 28.6 Å². The highest BCUT2D eigenvalue weighted by Gasteiger charge is 2.09. The highest BCUT2D eigenvalue weighted by molar-refractivity contribution is 8.01. The first-order valence-corrected chi connectivity index (χ1v) is 8.54. The first-order valence-electron chi connectivity index (χ1n) is 6.73. The monoisotopic (exact) mass is 338 g/mol. The first kappa shape index (κ1) is 16.6. The van der Waals surface area contributed by atoms with E-state index in [1.807, 2.05) is 13.8 Å². The molecule has 1 aromatic carbocycles. The quantitative estimate of drug-likeness (QED) is 0.756. The summed E-state index contributed by atoms with van der Waals surface area (Å²) in [4.78, 5) is 11.9. The third-order valence-corrected chi connectivity index (χ3v) is 4.51. The second-order valence-electron chi connectivity index (χ2n) is 4.74. The molecule has 6 nitrogen and oxygen atoms in total. The SMILES string of the molecule is COc1ccc(NC(=O)CSc2nnc(NC(C)C)s2)cc1. The van der Waals surface area contributed by atoms with Crippen LogP contribution in [0, 0.1) is 0 Å². The maximum absolute atomic E-state index is 11.9. The lowest BCUT2D eigenvalue weighted by Crippen LogP contribution is -2.13. The standard InChI is InChI=1S/C14H18N4O2S2/c1-9(2)15-13-17-18-14(22-13)21-8-12(19)16-10-4-6-11(20-3)7-5-10/h4-7,9H,8H2,1-3H3,(H,15,17)(H,16,19). The topological polar surface area (TPSA) is 76.1 Å². The highest BCUT2D eigenvalue weighted by atomic mass is 32.2. The zero-order valence-electron chi connectivity index (χ0n) is 12.6. The zero-order valence-corrected chi connectivity index (χ0v) is 14.3. The molecule has 0 aliphatic heterocycles. The van der Waals surface area contributed by atoms with Gasteiger partial charge in [0.15, 0.2) is 4.34 Å². The van der Waals surface area contributed by atoms with E-state index < -0.39 is 0 Å². The Hall–Kier alpha value is -1.80. The van der Waals surface area contributed by atoms with E-state index in [1.54, 1.807) is 31.4 Å². The molecule has 1 heterocycles. The molecule has 0 unspecified atom stereocenters. The van der Waals surface area contributed by atoms with Crippen LogP contribution in [-0.2, 0) is 4.79 Å². The largest absolute Gasteiger partial charge is 0.497 e. The van der Waals surface area contributed by atoms with Crippen molar-refractivity contribution in [2.75, 3.05) is 23.5 Å². The highest BCUT2D eigenvalue weighted by Crippen LogP contribution is 2.26. The number of nitrogens with zero attached hydrogens (tertiary/aromatic N) is 2. The molecule has 8 heteroatoms. The number of carbonyl (C=O) groups is 1. The Kier molecular flexibility index (Phi) is 6.02. The average Bonchev–Trinajstić information content (AvgIpc) is 2.93. The van der Waals surface area contributed by atoms with E-state index in [-0.39, 0.29) is 5.91 Å². The van der Waals surface area contributed by atoms with Gasteiger partial charge in [-0.15, -0.1) is 10.2 Å². The van der Waals surface area contributed by atoms with Crippen LogP contribution < -0.4 is 15.4 Å². The summed E-state index contributed by atoms with van der Waals surface area (Å²) in [5, 5.41) is 14.9. The molecule has 1 amide bonds. The molecule has 0 saturated heterocycles. The van der Waals surface area contributed by atoms with Crippen LogP contribution in [0.4, 0.5) is 10.8 Å². The lowest BCUT2D eigenvalue weighted by molar-refractivity contribution is -0.113. The van der Waals surface area contributed by atoms with Gasteiger partial charge in [-0.2, -0.15) is 0 Å². The lowest BCUT2D eigenvalue weighted by Gasteiger charge is -2.05. The summed E-state index contributed by atoms with van der Waals surface area (Å²) in [6.45, 7) is 4.08. The van der Waals surface area contributed by atoms with Gasteiger partial charge in [-0.1, -0.05) is 23.1 Å². The van der Waals surface area contributed by atoms with Crippen molar-refractivity contribution in [3.8, 4) is 5.75 Å². The molecule has 2 N–H and O–H groups in total. The van der Waals surface area contributed by atoms with Gasteiger partial charge in [0.2, 0.25) is 11.0 Å². The van der Waals surface area contributed by atoms with Crippen molar-refractivity contribution in [1.29, 1.82) is 0 Å². The number of rotatable bonds is 7. The van der Waals surface area contributed by atoms with Crippen molar-refractivity contribution < 1.29 is 9.53 Å². The van der Waals surface area contributed by atoms with Gasteiger partial charge in [-0.25, -0.2) is 0 Å². The molecule has 0 saturated carbocycles. The number of aromatic nitrogens is 2. The summed E-state index contributed by atoms with van der Waals surface area (Å²) in [5.74, 6) is 0.970. The van der Waals surface area contributed by atoms with Crippen LogP contribution in [0.25, 0.3) is 0 Å². The Bertz CT molecular complexity index is 614. The summed E-state index contributed by atoms with van der Waals surface area (Å²) in [5.41, 5.74) is 0.742. The molecular weight excluding hydrogens is 320 g/mol. The predicted molar refractivity (Wildman–Crippen MR) is 91.0 cm³/mol. The number of thioether (sulfide) groups is 1. The van der Waals surface area contributed by atoms with Gasteiger partial charge in [-0.3, -0.25) is 4.79 Å². The van der Waals surface area contributed by atoms with E-state index in [0.717, 1.165) is 20.9 Å². The number of nitrogens with one attached hydrogen (secondary N) is 2. The first-order chi connectivity index (χ1) is 10.6. The molecule has 0 spiro atoms. The van der Waals surface area contributed by atoms with Gasteiger partial charge in [-0.05, 0) is 38.1 Å². The van der Waals surface area contributed by atoms with E-state index in [0.29, 0.717) is 11.8 Å². The Morgan fingerprint density at radius 1 is 1.32 bits per heavy atom. The molecular formula is C14H18N4O2S2. The van der Waals surface area contributed by atoms with Crippen molar-refractivity contribution in [2.45, 2.75) is 24.2 Å². The van der Waals surface area contributed by atoms with Gasteiger partial charge in [0.25, 0.3) is 0 Å². The molecule has 2 aromatic rings. The van der Waals surface area contributed by atoms with Gasteiger partial charge in [0.1, 0.15) is 5.75 Å². The molecule has 0 fully saturated rings. The fraction of sp³-hybridized carbons (Fsp3) is 0.357. The van der Waals surface area contributed by atoms with Gasteiger partial charge in [0.05, 0.1) is 12.9 Å². The van der Waals surface area contributed by atoms with E-state index in [1.165, 1.54) is 23.1 Å². The minimum Gasteiger partial charge on any atom is -0.497 e. The van der Waals surface area contributed by atoms with E-state index in [9.17, 15) is 4.79 Å². The lowest BCUT2D eigenvalue weighted by atomic mass is 10.3. The number of ether oxygens (including phenoxy) is 1. The number of benzene rings is 1. The van der Waals surface area contributed by atoms with E-state index in [2.05, 4.69) is 20.8 Å². The second-order valence-corrected chi connectivity index (χ2v) is 6.94. The summed E-state index contributed by atoms with van der Waals surface area (Å²) >= 11 is 2.82. The average molecular weight is 338 g/mol. The van der Waals surface area contributed by atoms with Crippen LogP contribution in [-0.4, -0.2) is 35.0 Å². The summed E-state index contributed by atoms with van der Waals surface area (Å²) in [6, 6.07) is 7.52. The molecule has 0 radical (unpaired) electrons. The van der Waals surface area contributed by atoms with E-state index >= 15 is 0 Å². The summed E-state index contributed by atoms with van der Waals surface area (Å²) in [7, 11) is 1.61. The number of methoxy groups -OCH3 is 1. The minimum atomic E-state index is -0.0799. The van der Waals surface area contributed by atoms with Crippen molar-refractivity contribution in [1.82, 2.24) is 10.2 Å². The van der Waals surface area contributed by atoms with Crippen molar-refractivity contribution in [2.24, 2.45) is 0 Å². The smallest absolute Gasteiger partial charge is 0.234 e. The maximum Gasteiger partial charge on any atom is 0.234 e. The van der Waals surface area contributed by atoms with Gasteiger partial charge < -0.3 is 15.4 Å².